The van der Waals surface area contributed by atoms with Gasteiger partial charge in [0.25, 0.3) is 0 Å². The van der Waals surface area contributed by atoms with Gasteiger partial charge in [-0.25, -0.2) is 0 Å². The van der Waals surface area contributed by atoms with Crippen LogP contribution in [0.2, 0.25) is 5.02 Å². The van der Waals surface area contributed by atoms with Gasteiger partial charge in [0.05, 0.1) is 11.3 Å². The summed E-state index contributed by atoms with van der Waals surface area (Å²) in [5, 5.41) is 12.9. The van der Waals surface area contributed by atoms with E-state index >= 15 is 0 Å². The Morgan fingerprint density at radius 1 is 1.38 bits per heavy atom. The largest absolute Gasteiger partial charge is 0.384 e. The second-order valence-corrected chi connectivity index (χ2v) is 4.84. The second-order valence-electron chi connectivity index (χ2n) is 4.40. The molecule has 2 nitrogen and oxygen atoms in total. The van der Waals surface area contributed by atoms with Crippen LogP contribution in [0.25, 0.3) is 0 Å². The van der Waals surface area contributed by atoms with Crippen LogP contribution in [0.1, 0.15) is 26.3 Å². The lowest BCUT2D eigenvalue weighted by molar-refractivity contribution is 0.440. The Balaban J connectivity index is 2.71. The minimum Gasteiger partial charge on any atom is -0.384 e. The van der Waals surface area contributed by atoms with Gasteiger partial charge in [-0.3, -0.25) is 0 Å². The van der Waals surface area contributed by atoms with Crippen LogP contribution in [0.3, 0.4) is 0 Å². The van der Waals surface area contributed by atoms with Crippen molar-refractivity contribution in [3.63, 3.8) is 0 Å². The summed E-state index contributed by atoms with van der Waals surface area (Å²) in [5.41, 5.74) is 1.46. The normalized spacial score (nSPS) is 12.2. The van der Waals surface area contributed by atoms with Crippen molar-refractivity contribution < 1.29 is 0 Å². The van der Waals surface area contributed by atoms with Crippen LogP contribution in [0.5, 0.6) is 0 Å². The summed E-state index contributed by atoms with van der Waals surface area (Å²) >= 11 is 5.83. The summed E-state index contributed by atoms with van der Waals surface area (Å²) < 4.78 is 0. The van der Waals surface area contributed by atoms with Gasteiger partial charge >= 0.3 is 0 Å². The van der Waals surface area contributed by atoms with Crippen LogP contribution in [-0.2, 0) is 0 Å². The van der Waals surface area contributed by atoms with E-state index in [1.807, 2.05) is 6.07 Å². The number of hydrogen-bond donors (Lipinski definition) is 1. The summed E-state index contributed by atoms with van der Waals surface area (Å²) in [5.74, 6) is 1.20. The smallest absolute Gasteiger partial charge is 0.101 e. The molecule has 0 aliphatic carbocycles. The van der Waals surface area contributed by atoms with Gasteiger partial charge in [-0.15, -0.1) is 0 Å². The van der Waals surface area contributed by atoms with Crippen molar-refractivity contribution in [2.45, 2.75) is 20.8 Å². The summed E-state index contributed by atoms with van der Waals surface area (Å²) in [6, 6.07) is 7.48. The van der Waals surface area contributed by atoms with E-state index in [9.17, 15) is 0 Å². The first-order chi connectivity index (χ1) is 7.54. The standard InChI is InChI=1S/C13H17ClN2/c1-9(2)10(3)8-16-13-5-4-12(14)6-11(13)7-15/h4-6,9-10,16H,8H2,1-3H3. The SMILES string of the molecule is CC(C)C(C)CNc1ccc(Cl)cc1C#N. The van der Waals surface area contributed by atoms with Crippen LogP contribution in [0.4, 0.5) is 5.69 Å². The molecule has 0 aliphatic heterocycles. The molecule has 1 N–H and O–H groups in total. The van der Waals surface area contributed by atoms with E-state index < -0.39 is 0 Å². The Morgan fingerprint density at radius 3 is 2.62 bits per heavy atom. The Kier molecular flexibility index (Phi) is 4.64. The Bertz CT molecular complexity index is 393. The number of benzene rings is 1. The molecule has 0 spiro atoms. The summed E-state index contributed by atoms with van der Waals surface area (Å²) in [6.07, 6.45) is 0. The third-order valence-electron chi connectivity index (χ3n) is 2.85. The molecule has 86 valence electrons. The fourth-order valence-electron chi connectivity index (χ4n) is 1.27. The molecule has 0 saturated heterocycles. The lowest BCUT2D eigenvalue weighted by Gasteiger charge is -2.17. The minimum absolute atomic E-state index is 0.572. The van der Waals surface area contributed by atoms with E-state index in [0.717, 1.165) is 12.2 Å². The van der Waals surface area contributed by atoms with Crippen molar-refractivity contribution in [2.24, 2.45) is 11.8 Å². The molecule has 1 aromatic carbocycles. The van der Waals surface area contributed by atoms with Gasteiger partial charge < -0.3 is 5.32 Å². The Labute approximate surface area is 102 Å². The van der Waals surface area contributed by atoms with E-state index in [2.05, 4.69) is 32.2 Å². The van der Waals surface area contributed by atoms with E-state index in [1.54, 1.807) is 12.1 Å². The lowest BCUT2D eigenvalue weighted by Crippen LogP contribution is -2.16. The number of halogens is 1. The fraction of sp³-hybridized carbons (Fsp3) is 0.462. The highest BCUT2D eigenvalue weighted by atomic mass is 35.5. The van der Waals surface area contributed by atoms with Gasteiger partial charge in [-0.2, -0.15) is 5.26 Å². The number of nitrogens with zero attached hydrogens (tertiary/aromatic N) is 1. The Morgan fingerprint density at radius 2 is 2.06 bits per heavy atom. The number of anilines is 1. The van der Waals surface area contributed by atoms with Gasteiger partial charge in [-0.1, -0.05) is 32.4 Å². The van der Waals surface area contributed by atoms with E-state index in [-0.39, 0.29) is 0 Å². The molecule has 0 radical (unpaired) electrons. The van der Waals surface area contributed by atoms with Gasteiger partial charge in [0.1, 0.15) is 6.07 Å². The average Bonchev–Trinajstić information content (AvgIpc) is 2.26. The predicted molar refractivity (Wildman–Crippen MR) is 68.7 cm³/mol. The fourth-order valence-corrected chi connectivity index (χ4v) is 1.44. The molecule has 1 atom stereocenters. The first kappa shape index (κ1) is 12.9. The number of nitrogens with one attached hydrogen (secondary N) is 1. The molecule has 1 aromatic rings. The maximum Gasteiger partial charge on any atom is 0.101 e. The number of hydrogen-bond acceptors (Lipinski definition) is 2. The predicted octanol–water partition coefficient (Wildman–Crippen LogP) is 3.92. The van der Waals surface area contributed by atoms with Crippen LogP contribution >= 0.6 is 11.6 Å². The van der Waals surface area contributed by atoms with Crippen molar-refractivity contribution >= 4 is 17.3 Å². The van der Waals surface area contributed by atoms with Crippen molar-refractivity contribution in [1.82, 2.24) is 0 Å². The molecule has 0 saturated carbocycles. The molecule has 0 amide bonds. The van der Waals surface area contributed by atoms with E-state index in [1.165, 1.54) is 0 Å². The molecule has 1 rings (SSSR count). The average molecular weight is 237 g/mol. The first-order valence-corrected chi connectivity index (χ1v) is 5.86. The van der Waals surface area contributed by atoms with Crippen LogP contribution in [0, 0.1) is 23.2 Å². The zero-order valence-corrected chi connectivity index (χ0v) is 10.7. The van der Waals surface area contributed by atoms with Crippen LogP contribution in [-0.4, -0.2) is 6.54 Å². The zero-order chi connectivity index (χ0) is 12.1. The third-order valence-corrected chi connectivity index (χ3v) is 3.09. The lowest BCUT2D eigenvalue weighted by atomic mass is 9.98. The van der Waals surface area contributed by atoms with E-state index in [4.69, 9.17) is 16.9 Å². The highest BCUT2D eigenvalue weighted by molar-refractivity contribution is 6.30. The molecule has 0 fully saturated rings. The van der Waals surface area contributed by atoms with Crippen molar-refractivity contribution in [3.05, 3.63) is 28.8 Å². The molecule has 0 bridgehead atoms. The molecule has 0 aliphatic rings. The third kappa shape index (κ3) is 3.43. The molecular formula is C13H17ClN2. The molecule has 0 aromatic heterocycles. The first-order valence-electron chi connectivity index (χ1n) is 5.48. The number of rotatable bonds is 4. The monoisotopic (exact) mass is 236 g/mol. The van der Waals surface area contributed by atoms with Crippen molar-refractivity contribution in [2.75, 3.05) is 11.9 Å². The topological polar surface area (TPSA) is 35.8 Å². The highest BCUT2D eigenvalue weighted by Gasteiger charge is 2.08. The Hall–Kier alpha value is -1.20. The maximum atomic E-state index is 8.97. The highest BCUT2D eigenvalue weighted by Crippen LogP contribution is 2.20. The quantitative estimate of drug-likeness (QED) is 0.860. The molecular weight excluding hydrogens is 220 g/mol. The van der Waals surface area contributed by atoms with Crippen LogP contribution in [0.15, 0.2) is 18.2 Å². The minimum atomic E-state index is 0.572. The zero-order valence-electron chi connectivity index (χ0n) is 9.92. The maximum absolute atomic E-state index is 8.97. The van der Waals surface area contributed by atoms with Gasteiger partial charge in [-0.05, 0) is 30.0 Å². The van der Waals surface area contributed by atoms with Gasteiger partial charge in [0.2, 0.25) is 0 Å². The van der Waals surface area contributed by atoms with Gasteiger partial charge in [0, 0.05) is 11.6 Å². The van der Waals surface area contributed by atoms with Crippen molar-refractivity contribution in [1.29, 1.82) is 5.26 Å². The van der Waals surface area contributed by atoms with Gasteiger partial charge in [0.15, 0.2) is 0 Å². The molecule has 1 unspecified atom stereocenters. The van der Waals surface area contributed by atoms with E-state index in [0.29, 0.717) is 22.4 Å². The second kappa shape index (κ2) is 5.77. The van der Waals surface area contributed by atoms with Crippen molar-refractivity contribution in [3.8, 4) is 6.07 Å². The number of nitriles is 1. The molecule has 3 heteroatoms. The molecule has 16 heavy (non-hydrogen) atoms. The summed E-state index contributed by atoms with van der Waals surface area (Å²) in [4.78, 5) is 0. The summed E-state index contributed by atoms with van der Waals surface area (Å²) in [7, 11) is 0. The van der Waals surface area contributed by atoms with Crippen LogP contribution < -0.4 is 5.32 Å². The molecule has 0 heterocycles. The summed E-state index contributed by atoms with van der Waals surface area (Å²) in [6.45, 7) is 7.45.